The third-order valence-corrected chi connectivity index (χ3v) is 5.15. The maximum atomic E-state index is 12.5. The number of benzene rings is 1. The SMILES string of the molecule is CN(Cc1ccc(C(=O)O)cc1)C(=O)C1(C)CCCS1. The van der Waals surface area contributed by atoms with Crippen LogP contribution in [0.1, 0.15) is 35.7 Å². The molecule has 0 saturated carbocycles. The van der Waals surface area contributed by atoms with Crippen LogP contribution >= 0.6 is 11.8 Å². The second-order valence-corrected chi connectivity index (χ2v) is 6.94. The molecule has 1 aliphatic heterocycles. The Morgan fingerprint density at radius 2 is 2.00 bits per heavy atom. The molecule has 0 aromatic heterocycles. The van der Waals surface area contributed by atoms with Gasteiger partial charge >= 0.3 is 5.97 Å². The molecule has 5 heteroatoms. The van der Waals surface area contributed by atoms with E-state index in [4.69, 9.17) is 5.11 Å². The molecule has 1 fully saturated rings. The van der Waals surface area contributed by atoms with E-state index in [-0.39, 0.29) is 16.2 Å². The number of hydrogen-bond donors (Lipinski definition) is 1. The number of carbonyl (C=O) groups is 2. The minimum absolute atomic E-state index is 0.155. The first-order valence-electron chi connectivity index (χ1n) is 6.64. The number of carboxylic acids is 1. The van der Waals surface area contributed by atoms with Gasteiger partial charge in [0, 0.05) is 13.6 Å². The van der Waals surface area contributed by atoms with Gasteiger partial charge in [-0.05, 0) is 43.2 Å². The molecule has 1 heterocycles. The van der Waals surface area contributed by atoms with Gasteiger partial charge in [-0.1, -0.05) is 12.1 Å². The summed E-state index contributed by atoms with van der Waals surface area (Å²) in [5.74, 6) is 0.266. The van der Waals surface area contributed by atoms with E-state index < -0.39 is 5.97 Å². The topological polar surface area (TPSA) is 57.6 Å². The van der Waals surface area contributed by atoms with Crippen LogP contribution in [0.3, 0.4) is 0 Å². The summed E-state index contributed by atoms with van der Waals surface area (Å²) in [6.45, 7) is 2.52. The van der Waals surface area contributed by atoms with Crippen molar-refractivity contribution in [2.45, 2.75) is 31.1 Å². The molecule has 1 saturated heterocycles. The Labute approximate surface area is 123 Å². The lowest BCUT2D eigenvalue weighted by molar-refractivity contribution is -0.132. The average Bonchev–Trinajstić information content (AvgIpc) is 2.86. The molecule has 1 unspecified atom stereocenters. The zero-order valence-corrected chi connectivity index (χ0v) is 12.6. The van der Waals surface area contributed by atoms with E-state index >= 15 is 0 Å². The summed E-state index contributed by atoms with van der Waals surface area (Å²) in [5, 5.41) is 8.86. The van der Waals surface area contributed by atoms with Crippen LogP contribution in [0.5, 0.6) is 0 Å². The Kier molecular flexibility index (Phi) is 4.38. The largest absolute Gasteiger partial charge is 0.478 e. The normalized spacial score (nSPS) is 21.7. The Bertz CT molecular complexity index is 506. The lowest BCUT2D eigenvalue weighted by Crippen LogP contribution is -2.41. The minimum Gasteiger partial charge on any atom is -0.478 e. The Morgan fingerprint density at radius 3 is 2.50 bits per heavy atom. The number of carboxylic acid groups (broad SMARTS) is 1. The van der Waals surface area contributed by atoms with Crippen LogP contribution in [-0.2, 0) is 11.3 Å². The van der Waals surface area contributed by atoms with Crippen molar-refractivity contribution in [3.8, 4) is 0 Å². The molecule has 4 nitrogen and oxygen atoms in total. The summed E-state index contributed by atoms with van der Waals surface area (Å²) in [4.78, 5) is 25.0. The number of amides is 1. The van der Waals surface area contributed by atoms with Gasteiger partial charge in [0.15, 0.2) is 0 Å². The molecule has 1 amide bonds. The maximum Gasteiger partial charge on any atom is 0.335 e. The van der Waals surface area contributed by atoms with Crippen molar-refractivity contribution in [2.75, 3.05) is 12.8 Å². The van der Waals surface area contributed by atoms with Crippen LogP contribution in [0.4, 0.5) is 0 Å². The van der Waals surface area contributed by atoms with Crippen molar-refractivity contribution < 1.29 is 14.7 Å². The third-order valence-electron chi connectivity index (χ3n) is 3.64. The fraction of sp³-hybridized carbons (Fsp3) is 0.467. The van der Waals surface area contributed by atoms with E-state index in [1.54, 1.807) is 48.0 Å². The second kappa shape index (κ2) is 5.87. The summed E-state index contributed by atoms with van der Waals surface area (Å²) < 4.78 is -0.296. The van der Waals surface area contributed by atoms with E-state index in [2.05, 4.69) is 0 Å². The monoisotopic (exact) mass is 293 g/mol. The predicted molar refractivity (Wildman–Crippen MR) is 80.0 cm³/mol. The van der Waals surface area contributed by atoms with Gasteiger partial charge in [0.2, 0.25) is 5.91 Å². The molecule has 0 bridgehead atoms. The van der Waals surface area contributed by atoms with Crippen LogP contribution in [0, 0.1) is 0 Å². The van der Waals surface area contributed by atoms with Crippen LogP contribution in [0.15, 0.2) is 24.3 Å². The quantitative estimate of drug-likeness (QED) is 0.927. The number of rotatable bonds is 4. The molecule has 1 atom stereocenters. The second-order valence-electron chi connectivity index (χ2n) is 5.35. The smallest absolute Gasteiger partial charge is 0.335 e. The van der Waals surface area contributed by atoms with Gasteiger partial charge in [-0.2, -0.15) is 0 Å². The molecule has 1 aromatic rings. The highest BCUT2D eigenvalue weighted by Gasteiger charge is 2.38. The zero-order valence-electron chi connectivity index (χ0n) is 11.8. The Balaban J connectivity index is 2.02. The average molecular weight is 293 g/mol. The van der Waals surface area contributed by atoms with Gasteiger partial charge in [-0.15, -0.1) is 11.8 Å². The van der Waals surface area contributed by atoms with Crippen LogP contribution < -0.4 is 0 Å². The molecular formula is C15H19NO3S. The predicted octanol–water partition coefficient (Wildman–Crippen LogP) is 2.63. The van der Waals surface area contributed by atoms with Crippen LogP contribution in [0.25, 0.3) is 0 Å². The molecule has 0 radical (unpaired) electrons. The zero-order chi connectivity index (χ0) is 14.8. The van der Waals surface area contributed by atoms with Crippen LogP contribution in [-0.4, -0.2) is 39.4 Å². The molecule has 1 aliphatic rings. The fourth-order valence-electron chi connectivity index (χ4n) is 2.45. The summed E-state index contributed by atoms with van der Waals surface area (Å²) in [5.41, 5.74) is 1.21. The standard InChI is InChI=1S/C15H19NO3S/c1-15(8-3-9-20-15)14(19)16(2)10-11-4-6-12(7-5-11)13(17)18/h4-7H,3,8-10H2,1-2H3,(H,17,18). The molecule has 2 rings (SSSR count). The summed E-state index contributed by atoms with van der Waals surface area (Å²) >= 11 is 1.73. The number of thioether (sulfide) groups is 1. The Hall–Kier alpha value is -1.49. The summed E-state index contributed by atoms with van der Waals surface area (Å²) in [6.07, 6.45) is 2.02. The van der Waals surface area contributed by atoms with E-state index in [0.29, 0.717) is 6.54 Å². The van der Waals surface area contributed by atoms with Gasteiger partial charge in [0.1, 0.15) is 0 Å². The van der Waals surface area contributed by atoms with E-state index in [0.717, 1.165) is 24.2 Å². The van der Waals surface area contributed by atoms with Crippen molar-refractivity contribution in [2.24, 2.45) is 0 Å². The van der Waals surface area contributed by atoms with Crippen molar-refractivity contribution in [1.82, 2.24) is 4.90 Å². The third kappa shape index (κ3) is 3.15. The first kappa shape index (κ1) is 14.9. The van der Waals surface area contributed by atoms with Gasteiger partial charge < -0.3 is 10.0 Å². The molecule has 1 N–H and O–H groups in total. The highest BCUT2D eigenvalue weighted by molar-refractivity contribution is 8.01. The molecule has 0 spiro atoms. The van der Waals surface area contributed by atoms with Crippen molar-refractivity contribution >= 4 is 23.6 Å². The molecule has 1 aromatic carbocycles. The maximum absolute atomic E-state index is 12.5. The van der Waals surface area contributed by atoms with Gasteiger partial charge in [-0.25, -0.2) is 4.79 Å². The van der Waals surface area contributed by atoms with Gasteiger partial charge in [0.05, 0.1) is 10.3 Å². The van der Waals surface area contributed by atoms with Gasteiger partial charge in [0.25, 0.3) is 0 Å². The van der Waals surface area contributed by atoms with Crippen molar-refractivity contribution in [3.05, 3.63) is 35.4 Å². The Morgan fingerprint density at radius 1 is 1.35 bits per heavy atom. The molecule has 0 aliphatic carbocycles. The number of nitrogens with zero attached hydrogens (tertiary/aromatic N) is 1. The number of aromatic carboxylic acids is 1. The first-order valence-corrected chi connectivity index (χ1v) is 7.63. The number of carbonyl (C=O) groups excluding carboxylic acids is 1. The first-order chi connectivity index (χ1) is 9.42. The molecule has 20 heavy (non-hydrogen) atoms. The highest BCUT2D eigenvalue weighted by Crippen LogP contribution is 2.39. The number of hydrogen-bond acceptors (Lipinski definition) is 3. The van der Waals surface area contributed by atoms with Crippen molar-refractivity contribution in [3.63, 3.8) is 0 Å². The van der Waals surface area contributed by atoms with E-state index in [1.807, 2.05) is 6.92 Å². The highest BCUT2D eigenvalue weighted by atomic mass is 32.2. The lowest BCUT2D eigenvalue weighted by atomic mass is 10.0. The lowest BCUT2D eigenvalue weighted by Gasteiger charge is -2.28. The fourth-order valence-corrected chi connectivity index (χ4v) is 3.76. The van der Waals surface area contributed by atoms with Crippen molar-refractivity contribution in [1.29, 1.82) is 0 Å². The summed E-state index contributed by atoms with van der Waals surface area (Å²) in [7, 11) is 1.80. The minimum atomic E-state index is -0.934. The van der Waals surface area contributed by atoms with Gasteiger partial charge in [-0.3, -0.25) is 4.79 Å². The van der Waals surface area contributed by atoms with E-state index in [9.17, 15) is 9.59 Å². The molecule has 108 valence electrons. The van der Waals surface area contributed by atoms with E-state index in [1.165, 1.54) is 0 Å². The van der Waals surface area contributed by atoms with Crippen LogP contribution in [0.2, 0.25) is 0 Å². The summed E-state index contributed by atoms with van der Waals surface area (Å²) in [6, 6.07) is 6.67. The molecular weight excluding hydrogens is 274 g/mol.